The third-order valence-corrected chi connectivity index (χ3v) is 4.34. The number of anilines is 1. The lowest BCUT2D eigenvalue weighted by Gasteiger charge is -2.33. The summed E-state index contributed by atoms with van der Waals surface area (Å²) in [5.74, 6) is -0.251. The summed E-state index contributed by atoms with van der Waals surface area (Å²) in [6.07, 6.45) is 3.06. The van der Waals surface area contributed by atoms with Crippen molar-refractivity contribution in [1.82, 2.24) is 10.2 Å². The highest BCUT2D eigenvalue weighted by Gasteiger charge is 2.24. The highest BCUT2D eigenvalue weighted by molar-refractivity contribution is 5.95. The van der Waals surface area contributed by atoms with Gasteiger partial charge in [-0.15, -0.1) is 0 Å². The molecule has 1 aromatic rings. The molecule has 0 spiro atoms. The van der Waals surface area contributed by atoms with Crippen molar-refractivity contribution < 1.29 is 9.72 Å². The number of piperazine rings is 1. The molecular formula is C17H26N4O3. The normalized spacial score (nSPS) is 15.3. The number of hydrogen-bond donors (Lipinski definition) is 1. The zero-order chi connectivity index (χ0) is 17.5. The van der Waals surface area contributed by atoms with E-state index in [0.717, 1.165) is 45.4 Å². The third kappa shape index (κ3) is 4.67. The van der Waals surface area contributed by atoms with E-state index in [1.165, 1.54) is 6.07 Å². The fourth-order valence-electron chi connectivity index (χ4n) is 2.80. The number of hydrogen-bond acceptors (Lipinski definition) is 5. The summed E-state index contributed by atoms with van der Waals surface area (Å²) in [6.45, 7) is 5.94. The van der Waals surface area contributed by atoms with Crippen molar-refractivity contribution in [1.29, 1.82) is 0 Å². The molecule has 24 heavy (non-hydrogen) atoms. The molecule has 1 aromatic carbocycles. The molecule has 1 heterocycles. The summed E-state index contributed by atoms with van der Waals surface area (Å²) >= 11 is 0. The van der Waals surface area contributed by atoms with Crippen LogP contribution in [-0.4, -0.2) is 55.5 Å². The van der Waals surface area contributed by atoms with Gasteiger partial charge in [-0.25, -0.2) is 0 Å². The van der Waals surface area contributed by atoms with E-state index in [1.807, 2.05) is 11.9 Å². The number of amides is 1. The molecule has 0 unspecified atom stereocenters. The van der Waals surface area contributed by atoms with E-state index < -0.39 is 4.92 Å². The fraction of sp³-hybridized carbons (Fsp3) is 0.588. The zero-order valence-electron chi connectivity index (χ0n) is 14.5. The maximum absolute atomic E-state index is 12.2. The molecule has 0 aliphatic carbocycles. The minimum Gasteiger partial charge on any atom is -0.363 e. The lowest BCUT2D eigenvalue weighted by atomic mass is 10.1. The Morgan fingerprint density at radius 1 is 1.25 bits per heavy atom. The molecule has 0 radical (unpaired) electrons. The Kier molecular flexibility index (Phi) is 6.54. The smallest absolute Gasteiger partial charge is 0.293 e. The van der Waals surface area contributed by atoms with Crippen LogP contribution in [-0.2, 0) is 0 Å². The minimum atomic E-state index is -0.401. The van der Waals surface area contributed by atoms with Crippen LogP contribution in [0.2, 0.25) is 0 Å². The predicted octanol–water partition coefficient (Wildman–Crippen LogP) is 2.27. The number of benzene rings is 1. The highest BCUT2D eigenvalue weighted by Crippen LogP contribution is 2.30. The summed E-state index contributed by atoms with van der Waals surface area (Å²) in [7, 11) is 2.04. The first-order chi connectivity index (χ1) is 11.5. The van der Waals surface area contributed by atoms with Crippen molar-refractivity contribution in [2.24, 2.45) is 0 Å². The van der Waals surface area contributed by atoms with Gasteiger partial charge in [0.15, 0.2) is 0 Å². The largest absolute Gasteiger partial charge is 0.363 e. The maximum atomic E-state index is 12.2. The maximum Gasteiger partial charge on any atom is 0.293 e. The van der Waals surface area contributed by atoms with Gasteiger partial charge in [-0.1, -0.05) is 19.8 Å². The van der Waals surface area contributed by atoms with Crippen molar-refractivity contribution in [3.63, 3.8) is 0 Å². The van der Waals surface area contributed by atoms with E-state index >= 15 is 0 Å². The van der Waals surface area contributed by atoms with Crippen molar-refractivity contribution in [3.8, 4) is 0 Å². The van der Waals surface area contributed by atoms with E-state index in [-0.39, 0.29) is 11.6 Å². The van der Waals surface area contributed by atoms with Crippen LogP contribution in [0, 0.1) is 10.1 Å². The highest BCUT2D eigenvalue weighted by atomic mass is 16.6. The Balaban J connectivity index is 2.11. The van der Waals surface area contributed by atoms with Gasteiger partial charge in [-0.2, -0.15) is 0 Å². The van der Waals surface area contributed by atoms with Gasteiger partial charge in [-0.05, 0) is 25.6 Å². The van der Waals surface area contributed by atoms with E-state index in [4.69, 9.17) is 0 Å². The molecule has 0 bridgehead atoms. The molecule has 1 aliphatic heterocycles. The van der Waals surface area contributed by atoms with E-state index in [0.29, 0.717) is 17.8 Å². The molecule has 0 saturated carbocycles. The van der Waals surface area contributed by atoms with E-state index in [9.17, 15) is 14.9 Å². The molecule has 1 fully saturated rings. The molecule has 1 N–H and O–H groups in total. The standard InChI is InChI=1S/C17H26N4O3/c1-3-4-5-8-18-17(22)14-6-7-15(16(13-14)21(23)24)20-11-9-19(2)10-12-20/h6-7,13H,3-5,8-12H2,1-2H3,(H,18,22). The fourth-order valence-corrected chi connectivity index (χ4v) is 2.80. The Morgan fingerprint density at radius 2 is 1.96 bits per heavy atom. The number of rotatable bonds is 7. The quantitative estimate of drug-likeness (QED) is 0.470. The second kappa shape index (κ2) is 8.63. The first-order valence-corrected chi connectivity index (χ1v) is 8.53. The number of unbranched alkanes of at least 4 members (excludes halogenated alkanes) is 2. The minimum absolute atomic E-state index is 0.000705. The van der Waals surface area contributed by atoms with Crippen LogP contribution in [0.1, 0.15) is 36.5 Å². The second-order valence-electron chi connectivity index (χ2n) is 6.21. The Hall–Kier alpha value is -2.15. The first-order valence-electron chi connectivity index (χ1n) is 8.53. The summed E-state index contributed by atoms with van der Waals surface area (Å²) in [4.78, 5) is 27.4. The van der Waals surface area contributed by atoms with Gasteiger partial charge in [0.05, 0.1) is 4.92 Å². The molecule has 0 atom stereocenters. The Morgan fingerprint density at radius 3 is 2.58 bits per heavy atom. The summed E-state index contributed by atoms with van der Waals surface area (Å²) in [5, 5.41) is 14.3. The molecular weight excluding hydrogens is 308 g/mol. The van der Waals surface area contributed by atoms with Crippen molar-refractivity contribution >= 4 is 17.3 Å². The average Bonchev–Trinajstić information content (AvgIpc) is 2.58. The van der Waals surface area contributed by atoms with Gasteiger partial charge >= 0.3 is 0 Å². The Labute approximate surface area is 142 Å². The SMILES string of the molecule is CCCCCNC(=O)c1ccc(N2CCN(C)CC2)c([N+](=O)[O-])c1. The van der Waals surface area contributed by atoms with Gasteiger partial charge in [0.1, 0.15) is 5.69 Å². The summed E-state index contributed by atoms with van der Waals surface area (Å²) in [6, 6.07) is 4.77. The van der Waals surface area contributed by atoms with Crippen molar-refractivity contribution in [2.45, 2.75) is 26.2 Å². The van der Waals surface area contributed by atoms with Crippen LogP contribution in [0.4, 0.5) is 11.4 Å². The van der Waals surface area contributed by atoms with Gasteiger partial charge in [-0.3, -0.25) is 14.9 Å². The van der Waals surface area contributed by atoms with Gasteiger partial charge in [0, 0.05) is 44.4 Å². The number of carbonyl (C=O) groups is 1. The zero-order valence-corrected chi connectivity index (χ0v) is 14.5. The lowest BCUT2D eigenvalue weighted by Crippen LogP contribution is -2.44. The van der Waals surface area contributed by atoms with Gasteiger partial charge in [0.25, 0.3) is 11.6 Å². The topological polar surface area (TPSA) is 78.7 Å². The van der Waals surface area contributed by atoms with Crippen LogP contribution < -0.4 is 10.2 Å². The Bertz CT molecular complexity index is 583. The number of likely N-dealkylation sites (N-methyl/N-ethyl adjacent to an activating group) is 1. The molecule has 1 saturated heterocycles. The molecule has 132 valence electrons. The van der Waals surface area contributed by atoms with Crippen molar-refractivity contribution in [2.75, 3.05) is 44.7 Å². The number of carbonyl (C=O) groups excluding carboxylic acids is 1. The van der Waals surface area contributed by atoms with Crippen LogP contribution in [0.3, 0.4) is 0 Å². The molecule has 2 rings (SSSR count). The number of nitrogens with zero attached hydrogens (tertiary/aromatic N) is 3. The predicted molar refractivity (Wildman–Crippen MR) is 94.7 cm³/mol. The van der Waals surface area contributed by atoms with Crippen LogP contribution in [0.5, 0.6) is 0 Å². The molecule has 7 heteroatoms. The van der Waals surface area contributed by atoms with Crippen molar-refractivity contribution in [3.05, 3.63) is 33.9 Å². The van der Waals surface area contributed by atoms with Gasteiger partial charge in [0.2, 0.25) is 0 Å². The van der Waals surface area contributed by atoms with E-state index in [1.54, 1.807) is 12.1 Å². The molecule has 1 aliphatic rings. The average molecular weight is 334 g/mol. The summed E-state index contributed by atoms with van der Waals surface area (Å²) in [5.41, 5.74) is 0.937. The van der Waals surface area contributed by atoms with Crippen LogP contribution in [0.25, 0.3) is 0 Å². The lowest BCUT2D eigenvalue weighted by molar-refractivity contribution is -0.384. The molecule has 7 nitrogen and oxygen atoms in total. The molecule has 1 amide bonds. The van der Waals surface area contributed by atoms with Gasteiger partial charge < -0.3 is 15.1 Å². The number of nitro benzene ring substituents is 1. The molecule has 0 aromatic heterocycles. The van der Waals surface area contributed by atoms with Crippen LogP contribution >= 0.6 is 0 Å². The second-order valence-corrected chi connectivity index (χ2v) is 6.21. The first kappa shape index (κ1) is 18.2. The number of nitrogens with one attached hydrogen (secondary N) is 1. The monoisotopic (exact) mass is 334 g/mol. The third-order valence-electron chi connectivity index (χ3n) is 4.34. The van der Waals surface area contributed by atoms with Crippen LogP contribution in [0.15, 0.2) is 18.2 Å². The van der Waals surface area contributed by atoms with E-state index in [2.05, 4.69) is 17.1 Å². The summed E-state index contributed by atoms with van der Waals surface area (Å²) < 4.78 is 0. The number of nitro groups is 1.